The zero-order valence-electron chi connectivity index (χ0n) is 15.8. The van der Waals surface area contributed by atoms with Crippen molar-refractivity contribution in [2.75, 3.05) is 32.8 Å². The second-order valence-electron chi connectivity index (χ2n) is 8.09. The van der Waals surface area contributed by atoms with Gasteiger partial charge in [0.05, 0.1) is 0 Å². The van der Waals surface area contributed by atoms with Gasteiger partial charge in [0.2, 0.25) is 0 Å². The molecule has 0 bridgehead atoms. The van der Waals surface area contributed by atoms with Crippen molar-refractivity contribution in [3.63, 3.8) is 0 Å². The Kier molecular flexibility index (Phi) is 11.4. The van der Waals surface area contributed by atoms with E-state index in [2.05, 4.69) is 26.6 Å². The topological polar surface area (TPSA) is 26.3 Å². The first kappa shape index (κ1) is 22.9. The van der Waals surface area contributed by atoms with Gasteiger partial charge in [0.1, 0.15) is 0 Å². The Labute approximate surface area is 149 Å². The maximum atomic E-state index is 11.2. The van der Waals surface area contributed by atoms with Crippen LogP contribution in [0.1, 0.15) is 71.1 Å². The monoisotopic (exact) mass is 364 g/mol. The molecule has 138 valence electrons. The number of unbranched alkanes of at least 4 members (excludes halogenated alkanes) is 9. The minimum atomic E-state index is -1.79. The molecule has 0 aromatic heterocycles. The summed E-state index contributed by atoms with van der Waals surface area (Å²) in [5.74, 6) is -2.05. The second kappa shape index (κ2) is 11.5. The van der Waals surface area contributed by atoms with Crippen LogP contribution in [-0.2, 0) is 9.53 Å². The number of esters is 1. The van der Waals surface area contributed by atoms with Gasteiger partial charge < -0.3 is 4.74 Å². The van der Waals surface area contributed by atoms with Crippen LogP contribution in [0.4, 0.5) is 0 Å². The molecule has 0 saturated heterocycles. The molecule has 4 heteroatoms. The molecule has 0 radical (unpaired) electrons. The van der Waals surface area contributed by atoms with E-state index in [-0.39, 0.29) is 5.97 Å². The first-order chi connectivity index (χ1) is 10.6. The molecule has 0 N–H and O–H groups in total. The van der Waals surface area contributed by atoms with Gasteiger partial charge in [-0.2, -0.15) is 0 Å². The summed E-state index contributed by atoms with van der Waals surface area (Å²) in [4.78, 5) is 11.2. The van der Waals surface area contributed by atoms with E-state index in [0.29, 0.717) is 12.2 Å². The van der Waals surface area contributed by atoms with E-state index in [4.69, 9.17) is 16.0 Å². The van der Waals surface area contributed by atoms with E-state index in [1.165, 1.54) is 57.5 Å². The fourth-order valence-electron chi connectivity index (χ4n) is 2.45. The number of hydrogen-bond acceptors (Lipinski definition) is 2. The van der Waals surface area contributed by atoms with E-state index >= 15 is 0 Å². The Morgan fingerprint density at radius 2 is 1.26 bits per heavy atom. The summed E-state index contributed by atoms with van der Waals surface area (Å²) in [5, 5.41) is 0. The second-order valence-corrected chi connectivity index (χ2v) is 18.1. The van der Waals surface area contributed by atoms with Crippen LogP contribution >= 0.6 is 17.2 Å². The number of rotatable bonds is 14. The third-order valence-electron chi connectivity index (χ3n) is 3.89. The molecule has 0 amide bonds. The molecule has 0 spiro atoms. The third-order valence-corrected chi connectivity index (χ3v) is 6.22. The quantitative estimate of drug-likeness (QED) is 0.150. The van der Waals surface area contributed by atoms with Crippen molar-refractivity contribution in [3.8, 4) is 0 Å². The van der Waals surface area contributed by atoms with Gasteiger partial charge in [-0.25, -0.2) is 4.79 Å². The normalized spacial score (nSPS) is 13.3. The van der Waals surface area contributed by atoms with Gasteiger partial charge in [0.15, 0.2) is 0 Å². The van der Waals surface area contributed by atoms with E-state index in [0.717, 1.165) is 12.8 Å². The summed E-state index contributed by atoms with van der Waals surface area (Å²) in [5.41, 5.74) is 0.482. The van der Waals surface area contributed by atoms with Crippen molar-refractivity contribution in [1.82, 2.24) is 0 Å². The van der Waals surface area contributed by atoms with E-state index in [9.17, 15) is 4.79 Å². The zero-order valence-corrected chi connectivity index (χ0v) is 17.5. The van der Waals surface area contributed by atoms with Gasteiger partial charge in [-0.15, -0.1) is 0 Å². The molecule has 0 aliphatic carbocycles. The Morgan fingerprint density at radius 1 is 0.870 bits per heavy atom. The third kappa shape index (κ3) is 18.1. The minimum absolute atomic E-state index is 0.265. The molecule has 0 aliphatic heterocycles. The number of carbonyl (C=O) groups excluding carboxylic acids is 1. The molecular formula is C19H38ClO2P. The van der Waals surface area contributed by atoms with E-state index in [1.807, 2.05) is 0 Å². The Hall–Kier alpha value is -0.0700. The van der Waals surface area contributed by atoms with Crippen molar-refractivity contribution in [2.45, 2.75) is 71.1 Å². The van der Waals surface area contributed by atoms with Crippen LogP contribution in [-0.4, -0.2) is 38.7 Å². The van der Waals surface area contributed by atoms with Crippen molar-refractivity contribution < 1.29 is 9.53 Å². The molecule has 0 aromatic rings. The van der Waals surface area contributed by atoms with Crippen LogP contribution in [0.3, 0.4) is 0 Å². The van der Waals surface area contributed by atoms with Crippen LogP contribution in [0.5, 0.6) is 0 Å². The molecule has 0 saturated carbocycles. The molecular weight excluding hydrogens is 327 g/mol. The van der Waals surface area contributed by atoms with Crippen molar-refractivity contribution in [1.29, 1.82) is 0 Å². The molecule has 0 atom stereocenters. The first-order valence-corrected chi connectivity index (χ1v) is 13.8. The molecule has 0 fully saturated rings. The molecule has 0 rings (SSSR count). The summed E-state index contributed by atoms with van der Waals surface area (Å²) in [6, 6.07) is 0. The van der Waals surface area contributed by atoms with Crippen molar-refractivity contribution in [3.05, 3.63) is 12.2 Å². The van der Waals surface area contributed by atoms with Crippen LogP contribution in [0.15, 0.2) is 12.2 Å². The van der Waals surface area contributed by atoms with E-state index in [1.54, 1.807) is 6.92 Å². The Bertz CT molecular complexity index is 349. The maximum absolute atomic E-state index is 11.2. The first-order valence-electron chi connectivity index (χ1n) is 9.13. The standard InChI is InChI=1S/C19H38ClO2P/c1-18(2)19(21)22-16-14-12-10-8-6-7-9-11-13-15-17-23(3,4,5)20/h1,6-17H2,2-5H3. The predicted octanol–water partition coefficient (Wildman–Crippen LogP) is 6.60. The van der Waals surface area contributed by atoms with Crippen LogP contribution in [0, 0.1) is 0 Å². The fraction of sp³-hybridized carbons (Fsp3) is 0.842. The van der Waals surface area contributed by atoms with Crippen LogP contribution in [0.25, 0.3) is 0 Å². The molecule has 0 aliphatic rings. The van der Waals surface area contributed by atoms with Crippen molar-refractivity contribution in [2.24, 2.45) is 0 Å². The van der Waals surface area contributed by atoms with Gasteiger partial charge in [-0.1, -0.05) is 6.58 Å². The average molecular weight is 365 g/mol. The number of carbonyl (C=O) groups is 1. The molecule has 0 unspecified atom stereocenters. The molecule has 2 nitrogen and oxygen atoms in total. The van der Waals surface area contributed by atoms with Crippen molar-refractivity contribution >= 4 is 23.2 Å². The van der Waals surface area contributed by atoms with Crippen LogP contribution in [0.2, 0.25) is 0 Å². The van der Waals surface area contributed by atoms with Gasteiger partial charge in [-0.3, -0.25) is 0 Å². The molecule has 0 aromatic carbocycles. The van der Waals surface area contributed by atoms with Gasteiger partial charge in [0, 0.05) is 5.57 Å². The molecule has 0 heterocycles. The predicted molar refractivity (Wildman–Crippen MR) is 107 cm³/mol. The Balaban J connectivity index is 3.23. The molecule has 23 heavy (non-hydrogen) atoms. The number of ether oxygens (including phenoxy) is 1. The SMILES string of the molecule is C=C(C)C(=O)OCCCCCCCCCCCCP(C)(C)(C)Cl. The summed E-state index contributed by atoms with van der Waals surface area (Å²) >= 11 is 6.55. The number of halogens is 1. The Morgan fingerprint density at radius 3 is 1.65 bits per heavy atom. The van der Waals surface area contributed by atoms with Crippen LogP contribution < -0.4 is 0 Å². The average Bonchev–Trinajstić information content (AvgIpc) is 2.41. The van der Waals surface area contributed by atoms with Gasteiger partial charge in [-0.05, 0) is 6.92 Å². The fourth-order valence-corrected chi connectivity index (χ4v) is 4.10. The van der Waals surface area contributed by atoms with Gasteiger partial charge in [0.25, 0.3) is 0 Å². The zero-order chi connectivity index (χ0) is 17.8. The summed E-state index contributed by atoms with van der Waals surface area (Å²) in [6.07, 6.45) is 13.9. The summed E-state index contributed by atoms with van der Waals surface area (Å²) in [6.45, 7) is 12.5. The van der Waals surface area contributed by atoms with Gasteiger partial charge >= 0.3 is 120 Å². The number of hydrogen-bond donors (Lipinski definition) is 0. The summed E-state index contributed by atoms with van der Waals surface area (Å²) < 4.78 is 5.07. The van der Waals surface area contributed by atoms with E-state index < -0.39 is 5.96 Å². The summed E-state index contributed by atoms with van der Waals surface area (Å²) in [7, 11) is 0.